The summed E-state index contributed by atoms with van der Waals surface area (Å²) < 4.78 is 79.9. The molecule has 1 fully saturated rings. The normalized spacial score (nSPS) is 18.8. The lowest BCUT2D eigenvalue weighted by molar-refractivity contribution is -0.930. The van der Waals surface area contributed by atoms with Crippen LogP contribution < -0.4 is 10.6 Å². The zero-order valence-corrected chi connectivity index (χ0v) is 20.1. The van der Waals surface area contributed by atoms with E-state index in [1.165, 1.54) is 24.3 Å². The van der Waals surface area contributed by atoms with E-state index in [0.717, 1.165) is 25.0 Å². The standard InChI is InChI=1S/C24H26F6N4O3/c1-34(2,14-15-11-16(23(25,26)27)13-17(12-15)24(28,29)30)21-6-4-3-5-20(21)32-22(35)31-18-7-9-19(10-8-18)33(36)37/h7-13,20-21H,3-6,14H2,1-2H3,(H-,31,32,35)/p+1/t20-,21-/m0/s1. The molecule has 0 spiro atoms. The van der Waals surface area contributed by atoms with Crippen molar-refractivity contribution in [2.75, 3.05) is 19.4 Å². The van der Waals surface area contributed by atoms with Gasteiger partial charge < -0.3 is 15.1 Å². The van der Waals surface area contributed by atoms with Crippen LogP contribution in [0.5, 0.6) is 0 Å². The summed E-state index contributed by atoms with van der Waals surface area (Å²) in [5.41, 5.74) is -2.64. The minimum absolute atomic E-state index is 0.0566. The topological polar surface area (TPSA) is 84.3 Å². The van der Waals surface area contributed by atoms with Crippen LogP contribution in [0.4, 0.5) is 42.5 Å². The second-order valence-electron chi connectivity index (χ2n) is 9.71. The van der Waals surface area contributed by atoms with Gasteiger partial charge in [-0.05, 0) is 43.2 Å². The number of nitrogens with one attached hydrogen (secondary N) is 2. The van der Waals surface area contributed by atoms with E-state index in [2.05, 4.69) is 10.6 Å². The Morgan fingerprint density at radius 1 is 0.973 bits per heavy atom. The Hall–Kier alpha value is -3.35. The lowest BCUT2D eigenvalue weighted by atomic mass is 9.87. The smallest absolute Gasteiger partial charge is 0.329 e. The highest BCUT2D eigenvalue weighted by Gasteiger charge is 2.41. The number of quaternary nitrogens is 1. The van der Waals surface area contributed by atoms with Gasteiger partial charge in [0, 0.05) is 29.8 Å². The molecular weight excluding hydrogens is 506 g/mol. The third-order valence-corrected chi connectivity index (χ3v) is 6.52. The molecule has 0 saturated heterocycles. The van der Waals surface area contributed by atoms with E-state index in [1.54, 1.807) is 14.1 Å². The number of benzene rings is 2. The maximum Gasteiger partial charge on any atom is 0.416 e. The fourth-order valence-corrected chi connectivity index (χ4v) is 4.82. The molecule has 0 radical (unpaired) electrons. The number of urea groups is 1. The van der Waals surface area contributed by atoms with Gasteiger partial charge in [-0.25, -0.2) is 4.79 Å². The Bertz CT molecular complexity index is 1100. The van der Waals surface area contributed by atoms with Crippen LogP contribution in [0.2, 0.25) is 0 Å². The number of carbonyl (C=O) groups excluding carboxylic acids is 1. The molecule has 0 heterocycles. The lowest BCUT2D eigenvalue weighted by Crippen LogP contribution is -2.60. The zero-order valence-electron chi connectivity index (χ0n) is 20.1. The molecule has 0 aliphatic heterocycles. The van der Waals surface area contributed by atoms with Crippen molar-refractivity contribution in [3.8, 4) is 0 Å². The first-order valence-corrected chi connectivity index (χ1v) is 11.5. The molecule has 13 heteroatoms. The van der Waals surface area contributed by atoms with E-state index in [-0.39, 0.29) is 34.4 Å². The number of hydrogen-bond donors (Lipinski definition) is 2. The number of anilines is 1. The Labute approximate surface area is 209 Å². The van der Waals surface area contributed by atoms with Gasteiger partial charge in [0.25, 0.3) is 5.69 Å². The molecule has 0 aromatic heterocycles. The fraction of sp³-hybridized carbons (Fsp3) is 0.458. The van der Waals surface area contributed by atoms with Crippen LogP contribution in [0, 0.1) is 10.1 Å². The number of nitro benzene ring substituents is 1. The second-order valence-corrected chi connectivity index (χ2v) is 9.71. The van der Waals surface area contributed by atoms with Crippen LogP contribution in [0.1, 0.15) is 42.4 Å². The van der Waals surface area contributed by atoms with Gasteiger partial charge >= 0.3 is 18.4 Å². The van der Waals surface area contributed by atoms with Crippen molar-refractivity contribution in [3.63, 3.8) is 0 Å². The number of alkyl halides is 6. The van der Waals surface area contributed by atoms with Crippen molar-refractivity contribution in [2.45, 2.75) is 56.7 Å². The Morgan fingerprint density at radius 3 is 2.03 bits per heavy atom. The van der Waals surface area contributed by atoms with Crippen LogP contribution in [0.3, 0.4) is 0 Å². The first-order chi connectivity index (χ1) is 17.1. The Morgan fingerprint density at radius 2 is 1.51 bits per heavy atom. The number of likely N-dealkylation sites (N-methyl/N-ethyl adjacent to an activating group) is 1. The van der Waals surface area contributed by atoms with Crippen LogP contribution in [0.25, 0.3) is 0 Å². The molecule has 7 nitrogen and oxygen atoms in total. The summed E-state index contributed by atoms with van der Waals surface area (Å²) in [5, 5.41) is 16.2. The fourth-order valence-electron chi connectivity index (χ4n) is 4.82. The maximum atomic E-state index is 13.3. The number of amides is 2. The number of rotatable bonds is 6. The molecule has 0 unspecified atom stereocenters. The molecule has 202 valence electrons. The van der Waals surface area contributed by atoms with Gasteiger partial charge in [0.1, 0.15) is 12.6 Å². The lowest BCUT2D eigenvalue weighted by Gasteiger charge is -2.44. The first kappa shape index (κ1) is 28.2. The molecule has 1 aliphatic carbocycles. The SMILES string of the molecule is C[N+](C)(Cc1cc(C(F)(F)F)cc(C(F)(F)F)c1)[C@H]1CCCC[C@@H]1NC(=O)Nc1ccc([N+](=O)[O-])cc1. The van der Waals surface area contributed by atoms with Crippen molar-refractivity contribution in [2.24, 2.45) is 0 Å². The quantitative estimate of drug-likeness (QED) is 0.197. The molecular formula is C24H27F6N4O3+. The van der Waals surface area contributed by atoms with E-state index in [1.807, 2.05) is 0 Å². The largest absolute Gasteiger partial charge is 0.416 e. The summed E-state index contributed by atoms with van der Waals surface area (Å²) in [6.45, 7) is -0.111. The minimum Gasteiger partial charge on any atom is -0.329 e. The highest BCUT2D eigenvalue weighted by atomic mass is 19.4. The average Bonchev–Trinajstić information content (AvgIpc) is 2.78. The molecule has 1 saturated carbocycles. The predicted molar refractivity (Wildman–Crippen MR) is 124 cm³/mol. The van der Waals surface area contributed by atoms with E-state index in [9.17, 15) is 41.3 Å². The van der Waals surface area contributed by atoms with Crippen LogP contribution in [0.15, 0.2) is 42.5 Å². The van der Waals surface area contributed by atoms with E-state index in [4.69, 9.17) is 0 Å². The summed E-state index contributed by atoms with van der Waals surface area (Å²) in [6.07, 6.45) is -7.08. The molecule has 2 N–H and O–H groups in total. The molecule has 2 aromatic rings. The summed E-state index contributed by atoms with van der Waals surface area (Å²) in [7, 11) is 3.43. The van der Waals surface area contributed by atoms with Gasteiger partial charge in [0.15, 0.2) is 0 Å². The third-order valence-electron chi connectivity index (χ3n) is 6.52. The molecule has 2 amide bonds. The summed E-state index contributed by atoms with van der Waals surface area (Å²) in [5.74, 6) is 0. The van der Waals surface area contributed by atoms with Crippen molar-refractivity contribution in [1.29, 1.82) is 0 Å². The molecule has 2 atom stereocenters. The maximum absolute atomic E-state index is 13.3. The van der Waals surface area contributed by atoms with Gasteiger partial charge in [0.2, 0.25) is 0 Å². The number of hydrogen-bond acceptors (Lipinski definition) is 3. The molecule has 1 aliphatic rings. The van der Waals surface area contributed by atoms with Gasteiger partial charge in [-0.15, -0.1) is 0 Å². The third kappa shape index (κ3) is 7.34. The number of carbonyl (C=O) groups is 1. The van der Waals surface area contributed by atoms with Crippen molar-refractivity contribution in [1.82, 2.24) is 5.32 Å². The van der Waals surface area contributed by atoms with Crippen LogP contribution >= 0.6 is 0 Å². The van der Waals surface area contributed by atoms with Crippen molar-refractivity contribution in [3.05, 3.63) is 69.3 Å². The number of nitrogens with zero attached hydrogens (tertiary/aromatic N) is 2. The monoisotopic (exact) mass is 533 g/mol. The molecule has 0 bridgehead atoms. The summed E-state index contributed by atoms with van der Waals surface area (Å²) in [6, 6.07) is 5.58. The number of halogens is 6. The summed E-state index contributed by atoms with van der Waals surface area (Å²) in [4.78, 5) is 22.8. The van der Waals surface area contributed by atoms with Crippen LogP contribution in [-0.4, -0.2) is 41.6 Å². The van der Waals surface area contributed by atoms with E-state index in [0.29, 0.717) is 18.5 Å². The summed E-state index contributed by atoms with van der Waals surface area (Å²) >= 11 is 0. The number of non-ortho nitro benzene ring substituents is 1. The highest BCUT2D eigenvalue weighted by molar-refractivity contribution is 5.89. The first-order valence-electron chi connectivity index (χ1n) is 11.5. The van der Waals surface area contributed by atoms with Gasteiger partial charge in [-0.1, -0.05) is 6.42 Å². The van der Waals surface area contributed by atoms with Crippen LogP contribution in [-0.2, 0) is 18.9 Å². The van der Waals surface area contributed by atoms with Gasteiger partial charge in [-0.2, -0.15) is 26.3 Å². The van der Waals surface area contributed by atoms with Gasteiger partial charge in [-0.3, -0.25) is 10.1 Å². The van der Waals surface area contributed by atoms with Crippen molar-refractivity contribution >= 4 is 17.4 Å². The van der Waals surface area contributed by atoms with E-state index < -0.39 is 40.5 Å². The zero-order chi connectivity index (χ0) is 27.6. The minimum atomic E-state index is -4.93. The highest BCUT2D eigenvalue weighted by Crippen LogP contribution is 2.37. The average molecular weight is 533 g/mol. The van der Waals surface area contributed by atoms with Crippen molar-refractivity contribution < 1.29 is 40.5 Å². The van der Waals surface area contributed by atoms with E-state index >= 15 is 0 Å². The van der Waals surface area contributed by atoms with Gasteiger partial charge in [0.05, 0.1) is 36.2 Å². The molecule has 3 rings (SSSR count). The Balaban J connectivity index is 1.78. The Kier molecular flexibility index (Phi) is 8.06. The number of nitro groups is 1. The second kappa shape index (κ2) is 10.6. The molecule has 2 aromatic carbocycles. The molecule has 37 heavy (non-hydrogen) atoms. The predicted octanol–water partition coefficient (Wildman–Crippen LogP) is 6.34.